The third kappa shape index (κ3) is 5.47. The van der Waals surface area contributed by atoms with E-state index in [2.05, 4.69) is 166 Å². The van der Waals surface area contributed by atoms with Crippen LogP contribution in [0.4, 0.5) is 0 Å². The average Bonchev–Trinajstić information content (AvgIpc) is 3.59. The van der Waals surface area contributed by atoms with E-state index in [4.69, 9.17) is 0 Å². The number of hydrogen-bond acceptors (Lipinski definition) is 0. The number of benzene rings is 3. The minimum Gasteiger partial charge on any atom is -0.0802 e. The van der Waals surface area contributed by atoms with Gasteiger partial charge in [0.1, 0.15) is 0 Å². The summed E-state index contributed by atoms with van der Waals surface area (Å²) >= 11 is 0. The van der Waals surface area contributed by atoms with Crippen molar-refractivity contribution in [3.63, 3.8) is 0 Å². The van der Waals surface area contributed by atoms with Crippen LogP contribution in [0.3, 0.4) is 0 Å². The molecule has 0 radical (unpaired) electrons. The van der Waals surface area contributed by atoms with Crippen LogP contribution >= 0.6 is 0 Å². The summed E-state index contributed by atoms with van der Waals surface area (Å²) in [6, 6.07) is 28.7. The van der Waals surface area contributed by atoms with Crippen molar-refractivity contribution >= 4 is 19.7 Å². The van der Waals surface area contributed by atoms with E-state index < -0.39 is 8.07 Å². The molecule has 0 nitrogen and oxygen atoms in total. The summed E-state index contributed by atoms with van der Waals surface area (Å²) in [5, 5.41) is 0. The number of allylic oxidation sites excluding steroid dienone is 7. The highest BCUT2D eigenvalue weighted by atomic mass is 28.3. The molecule has 1 heteroatoms. The molecule has 0 saturated carbocycles. The van der Waals surface area contributed by atoms with Crippen LogP contribution in [0.25, 0.3) is 22.8 Å². The van der Waals surface area contributed by atoms with Crippen LogP contribution in [0, 0.1) is 11.8 Å². The fourth-order valence-electron chi connectivity index (χ4n) is 9.35. The maximum Gasteiger partial charge on any atom is 0.0732 e. The second-order valence-corrected chi connectivity index (χ2v) is 21.5. The van der Waals surface area contributed by atoms with Crippen molar-refractivity contribution in [3.8, 4) is 11.1 Å². The molecule has 0 aromatic heterocycles. The summed E-state index contributed by atoms with van der Waals surface area (Å²) in [6.45, 7) is 23.8. The molecule has 6 rings (SSSR count). The third-order valence-corrected chi connectivity index (χ3v) is 18.5. The van der Waals surface area contributed by atoms with Gasteiger partial charge in [-0.15, -0.1) is 0 Å². The van der Waals surface area contributed by atoms with E-state index >= 15 is 0 Å². The lowest BCUT2D eigenvalue weighted by molar-refractivity contribution is 0.579. The van der Waals surface area contributed by atoms with E-state index in [0.29, 0.717) is 22.9 Å². The Morgan fingerprint density at radius 2 is 1.30 bits per heavy atom. The first kappa shape index (κ1) is 32.8. The lowest BCUT2D eigenvalue weighted by Gasteiger charge is -2.47. The molecule has 4 unspecified atom stereocenters. The predicted octanol–water partition coefficient (Wildman–Crippen LogP) is 13.1. The van der Waals surface area contributed by atoms with Crippen LogP contribution in [0.1, 0.15) is 109 Å². The molecule has 3 aromatic carbocycles. The van der Waals surface area contributed by atoms with Gasteiger partial charge >= 0.3 is 0 Å². The highest BCUT2D eigenvalue weighted by Crippen LogP contribution is 2.61. The molecular formula is C45H56Si. The molecule has 0 heterocycles. The fourth-order valence-corrected chi connectivity index (χ4v) is 15.9. The largest absolute Gasteiger partial charge is 0.0802 e. The first-order valence-electron chi connectivity index (χ1n) is 18.0. The molecule has 0 saturated heterocycles. The Labute approximate surface area is 281 Å². The van der Waals surface area contributed by atoms with E-state index in [1.165, 1.54) is 51.0 Å². The first-order chi connectivity index (χ1) is 21.8. The lowest BCUT2D eigenvalue weighted by atomic mass is 9.80. The second-order valence-electron chi connectivity index (χ2n) is 16.4. The summed E-state index contributed by atoms with van der Waals surface area (Å²) in [6.07, 6.45) is 13.8. The third-order valence-electron chi connectivity index (χ3n) is 11.9. The lowest BCUT2D eigenvalue weighted by Crippen LogP contribution is -2.48. The SMILES string of the molecule is CCC1=Cc2c(-c3ccc(C(C)(C)C)cc3)cccc2C1[Si](CC)(CC)C1C(C)=CC2C(c3ccc(C(C)(C)C)cc3)=CC=CC21. The second kappa shape index (κ2) is 12.1. The Balaban J connectivity index is 1.39. The minimum atomic E-state index is -1.92. The smallest absolute Gasteiger partial charge is 0.0732 e. The number of rotatable bonds is 7. The Morgan fingerprint density at radius 1 is 0.717 bits per heavy atom. The monoisotopic (exact) mass is 624 g/mol. The van der Waals surface area contributed by atoms with Crippen molar-refractivity contribution in [2.24, 2.45) is 11.8 Å². The Morgan fingerprint density at radius 3 is 1.85 bits per heavy atom. The van der Waals surface area contributed by atoms with E-state index in [-0.39, 0.29) is 10.8 Å². The summed E-state index contributed by atoms with van der Waals surface area (Å²) in [7, 11) is -1.92. The molecule has 0 amide bonds. The van der Waals surface area contributed by atoms with Gasteiger partial charge in [-0.05, 0) is 80.2 Å². The molecule has 46 heavy (non-hydrogen) atoms. The van der Waals surface area contributed by atoms with Gasteiger partial charge in [-0.25, -0.2) is 0 Å². The van der Waals surface area contributed by atoms with E-state index in [1.807, 2.05) is 0 Å². The van der Waals surface area contributed by atoms with Gasteiger partial charge in [0.2, 0.25) is 0 Å². The molecule has 0 aliphatic heterocycles. The Hall–Kier alpha value is -3.16. The van der Waals surface area contributed by atoms with Crippen molar-refractivity contribution in [2.45, 2.75) is 110 Å². The molecular weight excluding hydrogens is 569 g/mol. The molecule has 4 atom stereocenters. The van der Waals surface area contributed by atoms with E-state index in [9.17, 15) is 0 Å². The standard InChI is InChI=1S/C45H56Si/c1-11-31-29-41-37(33-22-26-35(27-23-33)45(8,9)10)17-15-19-39(41)43(31)46(12-2,13-3)42-30(4)28-40-36(16-14-18-38(40)42)32-20-24-34(25-21-32)44(5,6)7/h14-29,38,40,42-43H,11-13H2,1-10H3. The zero-order chi connectivity index (χ0) is 33.0. The van der Waals surface area contributed by atoms with Crippen LogP contribution < -0.4 is 0 Å². The molecule has 3 aliphatic rings. The average molecular weight is 625 g/mol. The highest BCUT2D eigenvalue weighted by Gasteiger charge is 2.54. The van der Waals surface area contributed by atoms with Crippen LogP contribution in [-0.2, 0) is 10.8 Å². The minimum absolute atomic E-state index is 0.161. The van der Waals surface area contributed by atoms with E-state index in [0.717, 1.165) is 6.42 Å². The van der Waals surface area contributed by atoms with Gasteiger partial charge < -0.3 is 0 Å². The molecule has 0 spiro atoms. The molecule has 0 N–H and O–H groups in total. The van der Waals surface area contributed by atoms with Gasteiger partial charge in [-0.1, -0.05) is 183 Å². The molecule has 0 fully saturated rings. The van der Waals surface area contributed by atoms with Crippen molar-refractivity contribution in [1.82, 2.24) is 0 Å². The quantitative estimate of drug-likeness (QED) is 0.181. The summed E-state index contributed by atoms with van der Waals surface area (Å²) in [4.78, 5) is 0. The number of fused-ring (bicyclic) bond motifs is 2. The molecule has 240 valence electrons. The van der Waals surface area contributed by atoms with Gasteiger partial charge in [-0.3, -0.25) is 0 Å². The summed E-state index contributed by atoms with van der Waals surface area (Å²) in [5.74, 6) is 1.01. The fraction of sp³-hybridized carbons (Fsp3) is 0.422. The zero-order valence-electron chi connectivity index (χ0n) is 30.2. The van der Waals surface area contributed by atoms with Crippen molar-refractivity contribution in [1.29, 1.82) is 0 Å². The van der Waals surface area contributed by atoms with Crippen LogP contribution in [0.2, 0.25) is 17.6 Å². The Kier molecular flexibility index (Phi) is 8.64. The highest BCUT2D eigenvalue weighted by molar-refractivity contribution is 6.84. The normalized spacial score (nSPS) is 22.7. The van der Waals surface area contributed by atoms with Gasteiger partial charge in [0.15, 0.2) is 0 Å². The summed E-state index contributed by atoms with van der Waals surface area (Å²) in [5.41, 5.74) is 16.4. The van der Waals surface area contributed by atoms with Crippen LogP contribution in [0.5, 0.6) is 0 Å². The van der Waals surface area contributed by atoms with Crippen molar-refractivity contribution in [2.75, 3.05) is 0 Å². The summed E-state index contributed by atoms with van der Waals surface area (Å²) < 4.78 is 0. The van der Waals surface area contributed by atoms with Crippen LogP contribution in [0.15, 0.2) is 102 Å². The maximum absolute atomic E-state index is 2.67. The zero-order valence-corrected chi connectivity index (χ0v) is 31.2. The predicted molar refractivity (Wildman–Crippen MR) is 205 cm³/mol. The number of hydrogen-bond donors (Lipinski definition) is 0. The van der Waals surface area contributed by atoms with E-state index in [1.54, 1.807) is 16.7 Å². The van der Waals surface area contributed by atoms with Crippen LogP contribution in [-0.4, -0.2) is 8.07 Å². The maximum atomic E-state index is 2.67. The molecule has 3 aromatic rings. The van der Waals surface area contributed by atoms with Crippen molar-refractivity contribution < 1.29 is 0 Å². The van der Waals surface area contributed by atoms with Gasteiger partial charge in [0, 0.05) is 11.5 Å². The molecule has 0 bridgehead atoms. The first-order valence-corrected chi connectivity index (χ1v) is 20.5. The van der Waals surface area contributed by atoms with Crippen molar-refractivity contribution in [3.05, 3.63) is 130 Å². The Bertz CT molecular complexity index is 1710. The van der Waals surface area contributed by atoms with Gasteiger partial charge in [0.05, 0.1) is 8.07 Å². The molecule has 3 aliphatic carbocycles. The van der Waals surface area contributed by atoms with Gasteiger partial charge in [-0.2, -0.15) is 0 Å². The topological polar surface area (TPSA) is 0 Å². The van der Waals surface area contributed by atoms with Gasteiger partial charge in [0.25, 0.3) is 0 Å².